The van der Waals surface area contributed by atoms with Gasteiger partial charge in [0.05, 0.1) is 11.4 Å². The molecule has 5 heteroatoms. The third-order valence-corrected chi connectivity index (χ3v) is 6.95. The Morgan fingerprint density at radius 2 is 1.66 bits per heavy atom. The molecule has 1 radical (unpaired) electrons. The Morgan fingerprint density at radius 3 is 2.26 bits per heavy atom. The molecule has 179 valence electrons. The standard InChI is InChI=1S/C19H19.C11H13NSi.2ClH.Zr/c1-3-14(2)15-8-10-16(11-9-15)19-12-17-6-4-5-7-18(17)13-19;1-8-4-9-6-10(7-13(2)3)12-11(9)5-8;;;/h4-14H,3H2,1-2H3;4-7H,1-3H3;2*1H;/q-1;;;;+3/p-2. The fourth-order valence-corrected chi connectivity index (χ4v) is 4.87. The molecule has 0 fully saturated rings. The normalized spacial score (nSPS) is 13.9. The van der Waals surface area contributed by atoms with E-state index < -0.39 is 0 Å². The van der Waals surface area contributed by atoms with E-state index in [1.807, 2.05) is 0 Å². The summed E-state index contributed by atoms with van der Waals surface area (Å²) in [6, 6.07) is 22.1. The second kappa shape index (κ2) is 14.3. The SMILES string of the molecule is CC1=CC2=CC(C=[Si](C)C)=NC2=C1.CCC(C)c1ccc(-c2cc3ccccc3[cH-]2)cc1.[Cl-].[Cl-].[Zr+3]. The summed E-state index contributed by atoms with van der Waals surface area (Å²) in [6.45, 7) is 11.2. The predicted molar refractivity (Wildman–Crippen MR) is 145 cm³/mol. The summed E-state index contributed by atoms with van der Waals surface area (Å²) in [4.78, 5) is 4.54. The first-order valence-corrected chi connectivity index (χ1v) is 14.1. The molecule has 5 rings (SSSR count). The number of fused-ring (bicyclic) bond motifs is 2. The van der Waals surface area contributed by atoms with Crippen LogP contribution in [0.4, 0.5) is 0 Å². The van der Waals surface area contributed by atoms with Crippen molar-refractivity contribution in [3.05, 3.63) is 101 Å². The van der Waals surface area contributed by atoms with E-state index in [0.717, 1.165) is 11.4 Å². The van der Waals surface area contributed by atoms with E-state index in [1.165, 1.54) is 45.0 Å². The number of nitrogens with zero attached hydrogens (tertiary/aromatic N) is 1. The Morgan fingerprint density at radius 1 is 0.971 bits per heavy atom. The maximum absolute atomic E-state index is 4.54. The van der Waals surface area contributed by atoms with Crippen LogP contribution in [-0.4, -0.2) is 19.8 Å². The minimum atomic E-state index is -0.310. The summed E-state index contributed by atoms with van der Waals surface area (Å²) < 4.78 is 0. The van der Waals surface area contributed by atoms with Crippen LogP contribution in [0.15, 0.2) is 101 Å². The Balaban J connectivity index is 0.000000341. The van der Waals surface area contributed by atoms with Gasteiger partial charge in [-0.2, -0.15) is 0 Å². The van der Waals surface area contributed by atoms with Gasteiger partial charge in [0.2, 0.25) is 0 Å². The first-order chi connectivity index (χ1) is 15.4. The van der Waals surface area contributed by atoms with E-state index >= 15 is 0 Å². The van der Waals surface area contributed by atoms with E-state index in [0.29, 0.717) is 5.92 Å². The zero-order valence-electron chi connectivity index (χ0n) is 21.1. The molecule has 1 heterocycles. The second-order valence-electron chi connectivity index (χ2n) is 9.08. The topological polar surface area (TPSA) is 12.4 Å². The van der Waals surface area contributed by atoms with Crippen LogP contribution in [-0.2, 0) is 26.2 Å². The minimum absolute atomic E-state index is 0. The molecule has 1 nitrogen and oxygen atoms in total. The molecule has 0 N–H and O–H groups in total. The van der Waals surface area contributed by atoms with Crippen LogP contribution < -0.4 is 24.8 Å². The molecule has 35 heavy (non-hydrogen) atoms. The van der Waals surface area contributed by atoms with Crippen molar-refractivity contribution in [1.82, 2.24) is 0 Å². The zero-order chi connectivity index (χ0) is 22.7. The molecule has 0 aromatic heterocycles. The molecule has 1 aliphatic heterocycles. The van der Waals surface area contributed by atoms with Crippen molar-refractivity contribution >= 4 is 30.6 Å². The average molecular weight is 597 g/mol. The van der Waals surface area contributed by atoms with Gasteiger partial charge in [0, 0.05) is 14.0 Å². The van der Waals surface area contributed by atoms with Crippen molar-refractivity contribution < 1.29 is 51.0 Å². The molecule has 0 amide bonds. The van der Waals surface area contributed by atoms with E-state index in [2.05, 4.69) is 123 Å². The summed E-state index contributed by atoms with van der Waals surface area (Å²) in [6.07, 6.45) is 7.71. The van der Waals surface area contributed by atoms with E-state index in [9.17, 15) is 0 Å². The van der Waals surface area contributed by atoms with Gasteiger partial charge in [-0.3, -0.25) is 0 Å². The van der Waals surface area contributed by atoms with Crippen LogP contribution in [0, 0.1) is 0 Å². The number of aliphatic imine (C=N–C) groups is 1. The first kappa shape index (κ1) is 31.5. The van der Waals surface area contributed by atoms with Crippen LogP contribution in [0.1, 0.15) is 38.7 Å². The fraction of sp³-hybridized carbons (Fsp3) is 0.233. The maximum atomic E-state index is 4.54. The molecule has 0 spiro atoms. The van der Waals surface area contributed by atoms with Gasteiger partial charge in [-0.25, -0.2) is 4.99 Å². The molecule has 0 saturated carbocycles. The molecule has 1 unspecified atom stereocenters. The van der Waals surface area contributed by atoms with Gasteiger partial charge in [0.1, 0.15) is 0 Å². The quantitative estimate of drug-likeness (QED) is 0.323. The summed E-state index contributed by atoms with van der Waals surface area (Å²) >= 11 is 0. The number of allylic oxidation sites excluding steroid dienone is 4. The smallest absolute Gasteiger partial charge is 1.00 e. The van der Waals surface area contributed by atoms with Crippen molar-refractivity contribution in [2.45, 2.75) is 46.2 Å². The molecule has 3 aromatic carbocycles. The molecule has 2 aliphatic rings. The van der Waals surface area contributed by atoms with Gasteiger partial charge >= 0.3 is 26.2 Å². The van der Waals surface area contributed by atoms with Gasteiger partial charge in [-0.05, 0) is 48.6 Å². The summed E-state index contributed by atoms with van der Waals surface area (Å²) in [5.41, 5.74) is 11.2. The van der Waals surface area contributed by atoms with Crippen molar-refractivity contribution in [1.29, 1.82) is 0 Å². The number of halogens is 2. The molecule has 1 atom stereocenters. The van der Waals surface area contributed by atoms with Gasteiger partial charge in [0.15, 0.2) is 0 Å². The Hall–Kier alpha value is -1.51. The molecule has 1 aliphatic carbocycles. The van der Waals surface area contributed by atoms with E-state index in [-0.39, 0.29) is 59.4 Å². The molecule has 0 bridgehead atoms. The van der Waals surface area contributed by atoms with Crippen LogP contribution in [0.2, 0.25) is 13.1 Å². The number of benzene rings is 2. The molecular formula is C30H32Cl2NSiZr. The Bertz CT molecular complexity index is 1260. The maximum Gasteiger partial charge on any atom is 3.00 e. The van der Waals surface area contributed by atoms with E-state index in [4.69, 9.17) is 0 Å². The molecule has 3 aromatic rings. The largest absolute Gasteiger partial charge is 3.00 e. The molecular weight excluding hydrogens is 565 g/mol. The number of hydrogen-bond donors (Lipinski definition) is 0. The number of hydrogen-bond acceptors (Lipinski definition) is 1. The summed E-state index contributed by atoms with van der Waals surface area (Å²) in [7, 11) is -0.310. The van der Waals surface area contributed by atoms with E-state index in [1.54, 1.807) is 0 Å². The van der Waals surface area contributed by atoms with Crippen molar-refractivity contribution in [3.8, 4) is 11.1 Å². The van der Waals surface area contributed by atoms with Gasteiger partial charge in [-0.1, -0.05) is 80.6 Å². The Kier molecular flexibility index (Phi) is 12.9. The van der Waals surface area contributed by atoms with Crippen LogP contribution in [0.25, 0.3) is 21.9 Å². The second-order valence-corrected chi connectivity index (χ2v) is 11.5. The Labute approximate surface area is 243 Å². The predicted octanol–water partition coefficient (Wildman–Crippen LogP) is 2.09. The third kappa shape index (κ3) is 7.99. The summed E-state index contributed by atoms with van der Waals surface area (Å²) in [5.74, 6) is 0.646. The fourth-order valence-electron chi connectivity index (χ4n) is 4.13. The van der Waals surface area contributed by atoms with Crippen molar-refractivity contribution in [3.63, 3.8) is 0 Å². The van der Waals surface area contributed by atoms with Crippen LogP contribution in [0.3, 0.4) is 0 Å². The van der Waals surface area contributed by atoms with Gasteiger partial charge < -0.3 is 24.8 Å². The van der Waals surface area contributed by atoms with Crippen LogP contribution >= 0.6 is 0 Å². The zero-order valence-corrected chi connectivity index (χ0v) is 26.0. The average Bonchev–Trinajstić information content (AvgIpc) is 3.45. The summed E-state index contributed by atoms with van der Waals surface area (Å²) in [5, 5.41) is 2.65. The monoisotopic (exact) mass is 594 g/mol. The third-order valence-electron chi connectivity index (χ3n) is 6.08. The van der Waals surface area contributed by atoms with Crippen molar-refractivity contribution in [2.75, 3.05) is 0 Å². The molecule has 0 saturated heterocycles. The number of rotatable bonds is 4. The van der Waals surface area contributed by atoms with Crippen molar-refractivity contribution in [2.24, 2.45) is 4.99 Å². The van der Waals surface area contributed by atoms with Gasteiger partial charge in [-0.15, -0.1) is 34.5 Å². The van der Waals surface area contributed by atoms with Crippen LogP contribution in [0.5, 0.6) is 0 Å². The first-order valence-electron chi connectivity index (χ1n) is 11.5. The minimum Gasteiger partial charge on any atom is -1.00 e. The van der Waals surface area contributed by atoms with Gasteiger partial charge in [0.25, 0.3) is 0 Å².